The van der Waals surface area contributed by atoms with Crippen molar-refractivity contribution in [2.45, 2.75) is 46.2 Å². The summed E-state index contributed by atoms with van der Waals surface area (Å²) in [6.45, 7) is 7.30. The second-order valence-electron chi connectivity index (χ2n) is 5.18. The number of hydrogen-bond donors (Lipinski definition) is 1. The van der Waals surface area contributed by atoms with Crippen LogP contribution >= 0.6 is 11.3 Å². The minimum absolute atomic E-state index is 0.208. The molecule has 0 saturated heterocycles. The van der Waals surface area contributed by atoms with Gasteiger partial charge in [0.25, 0.3) is 0 Å². The van der Waals surface area contributed by atoms with E-state index < -0.39 is 0 Å². The normalized spacial score (nSPS) is 11.2. The molecule has 2 rings (SSSR count). The minimum Gasteiger partial charge on any atom is -0.310 e. The predicted molar refractivity (Wildman–Crippen MR) is 83.5 cm³/mol. The third-order valence-corrected chi connectivity index (χ3v) is 4.17. The molecule has 0 aliphatic heterocycles. The largest absolute Gasteiger partial charge is 0.310 e. The maximum absolute atomic E-state index is 13.0. The molecule has 0 spiro atoms. The van der Waals surface area contributed by atoms with E-state index in [4.69, 9.17) is 4.98 Å². The van der Waals surface area contributed by atoms with E-state index in [1.807, 2.05) is 0 Å². The molecule has 0 atom stereocenters. The van der Waals surface area contributed by atoms with Gasteiger partial charge in [0.2, 0.25) is 0 Å². The number of rotatable bonds is 6. The predicted octanol–water partition coefficient (Wildman–Crippen LogP) is 4.40. The van der Waals surface area contributed by atoms with E-state index in [0.717, 1.165) is 30.0 Å². The zero-order chi connectivity index (χ0) is 14.5. The summed E-state index contributed by atoms with van der Waals surface area (Å²) in [7, 11) is 0. The zero-order valence-corrected chi connectivity index (χ0v) is 13.1. The molecule has 1 aromatic carbocycles. The van der Waals surface area contributed by atoms with Crippen molar-refractivity contribution in [3.05, 3.63) is 40.7 Å². The maximum Gasteiger partial charge on any atom is 0.123 e. The van der Waals surface area contributed by atoms with Crippen LogP contribution in [0.4, 0.5) is 4.39 Å². The van der Waals surface area contributed by atoms with Crippen molar-refractivity contribution in [3.8, 4) is 10.6 Å². The molecule has 0 fully saturated rings. The molecule has 0 amide bonds. The van der Waals surface area contributed by atoms with Crippen LogP contribution in [-0.4, -0.2) is 11.0 Å². The van der Waals surface area contributed by atoms with Gasteiger partial charge in [0.15, 0.2) is 0 Å². The molecule has 2 nitrogen and oxygen atoms in total. The van der Waals surface area contributed by atoms with E-state index in [1.54, 1.807) is 23.5 Å². The van der Waals surface area contributed by atoms with Gasteiger partial charge in [0, 0.05) is 23.0 Å². The first-order valence-electron chi connectivity index (χ1n) is 7.08. The molecule has 0 bridgehead atoms. The SMILES string of the molecule is CCCc1nc(-c2ccc(F)cc2)sc1CNC(C)C. The van der Waals surface area contributed by atoms with Crippen molar-refractivity contribution < 1.29 is 4.39 Å². The second-order valence-corrected chi connectivity index (χ2v) is 6.27. The number of nitrogens with zero attached hydrogens (tertiary/aromatic N) is 1. The van der Waals surface area contributed by atoms with Gasteiger partial charge in [-0.2, -0.15) is 0 Å². The van der Waals surface area contributed by atoms with Crippen molar-refractivity contribution >= 4 is 11.3 Å². The first-order chi connectivity index (χ1) is 9.60. The molecule has 0 radical (unpaired) electrons. The van der Waals surface area contributed by atoms with Crippen LogP contribution in [0.3, 0.4) is 0 Å². The highest BCUT2D eigenvalue weighted by atomic mass is 32.1. The second kappa shape index (κ2) is 6.95. The van der Waals surface area contributed by atoms with Crippen LogP contribution in [0.25, 0.3) is 10.6 Å². The number of hydrogen-bond acceptors (Lipinski definition) is 3. The summed E-state index contributed by atoms with van der Waals surface area (Å²) >= 11 is 1.70. The Hall–Kier alpha value is -1.26. The summed E-state index contributed by atoms with van der Waals surface area (Å²) in [6.07, 6.45) is 2.08. The van der Waals surface area contributed by atoms with Gasteiger partial charge in [0.05, 0.1) is 5.69 Å². The summed E-state index contributed by atoms with van der Waals surface area (Å²) < 4.78 is 13.0. The van der Waals surface area contributed by atoms with Crippen LogP contribution in [-0.2, 0) is 13.0 Å². The number of halogens is 1. The van der Waals surface area contributed by atoms with Crippen LogP contribution in [0, 0.1) is 5.82 Å². The summed E-state index contributed by atoms with van der Waals surface area (Å²) in [5, 5.41) is 4.43. The quantitative estimate of drug-likeness (QED) is 0.853. The lowest BCUT2D eigenvalue weighted by Crippen LogP contribution is -2.21. The Bertz CT molecular complexity index is 546. The Morgan fingerprint density at radius 3 is 2.55 bits per heavy atom. The molecular formula is C16H21FN2S. The summed E-state index contributed by atoms with van der Waals surface area (Å²) in [6, 6.07) is 7.03. The van der Waals surface area contributed by atoms with Gasteiger partial charge in [-0.1, -0.05) is 27.2 Å². The molecule has 1 N–H and O–H groups in total. The molecule has 1 heterocycles. The summed E-state index contributed by atoms with van der Waals surface area (Å²) in [4.78, 5) is 6.03. The van der Waals surface area contributed by atoms with Gasteiger partial charge >= 0.3 is 0 Å². The van der Waals surface area contributed by atoms with E-state index in [-0.39, 0.29) is 5.82 Å². The van der Waals surface area contributed by atoms with Gasteiger partial charge in [-0.15, -0.1) is 11.3 Å². The van der Waals surface area contributed by atoms with Crippen LogP contribution in [0.2, 0.25) is 0 Å². The van der Waals surface area contributed by atoms with E-state index in [9.17, 15) is 4.39 Å². The van der Waals surface area contributed by atoms with Crippen molar-refractivity contribution in [2.75, 3.05) is 0 Å². The van der Waals surface area contributed by atoms with Gasteiger partial charge in [0.1, 0.15) is 10.8 Å². The first kappa shape index (κ1) is 15.1. The van der Waals surface area contributed by atoms with Crippen molar-refractivity contribution in [3.63, 3.8) is 0 Å². The van der Waals surface area contributed by atoms with E-state index in [2.05, 4.69) is 26.1 Å². The van der Waals surface area contributed by atoms with E-state index in [1.165, 1.54) is 22.7 Å². The van der Waals surface area contributed by atoms with Crippen LogP contribution in [0.5, 0.6) is 0 Å². The topological polar surface area (TPSA) is 24.9 Å². The third-order valence-electron chi connectivity index (χ3n) is 3.03. The fourth-order valence-corrected chi connectivity index (χ4v) is 3.03. The fraction of sp³-hybridized carbons (Fsp3) is 0.438. The van der Waals surface area contributed by atoms with Gasteiger partial charge in [-0.05, 0) is 30.7 Å². The summed E-state index contributed by atoms with van der Waals surface area (Å²) in [5.41, 5.74) is 2.16. The van der Waals surface area contributed by atoms with Crippen LogP contribution < -0.4 is 5.32 Å². The number of benzene rings is 1. The lowest BCUT2D eigenvalue weighted by atomic mass is 10.2. The van der Waals surface area contributed by atoms with E-state index in [0.29, 0.717) is 6.04 Å². The third kappa shape index (κ3) is 3.87. The fourth-order valence-electron chi connectivity index (χ4n) is 1.97. The smallest absolute Gasteiger partial charge is 0.123 e. The molecule has 0 unspecified atom stereocenters. The Morgan fingerprint density at radius 1 is 1.25 bits per heavy atom. The molecule has 0 aliphatic rings. The minimum atomic E-state index is -0.208. The number of aryl methyl sites for hydroxylation is 1. The lowest BCUT2D eigenvalue weighted by molar-refractivity contribution is 0.589. The highest BCUT2D eigenvalue weighted by Gasteiger charge is 2.12. The average molecular weight is 292 g/mol. The van der Waals surface area contributed by atoms with Crippen LogP contribution in [0.1, 0.15) is 37.8 Å². The first-order valence-corrected chi connectivity index (χ1v) is 7.89. The molecule has 0 saturated carbocycles. The van der Waals surface area contributed by atoms with Gasteiger partial charge < -0.3 is 5.32 Å². The average Bonchev–Trinajstić information content (AvgIpc) is 2.81. The zero-order valence-electron chi connectivity index (χ0n) is 12.2. The monoisotopic (exact) mass is 292 g/mol. The highest BCUT2D eigenvalue weighted by molar-refractivity contribution is 7.15. The highest BCUT2D eigenvalue weighted by Crippen LogP contribution is 2.29. The van der Waals surface area contributed by atoms with Gasteiger partial charge in [-0.3, -0.25) is 0 Å². The molecule has 2 aromatic rings. The molecule has 0 aliphatic carbocycles. The van der Waals surface area contributed by atoms with Crippen molar-refractivity contribution in [1.82, 2.24) is 10.3 Å². The summed E-state index contributed by atoms with van der Waals surface area (Å²) in [5.74, 6) is -0.208. The number of thiazole rings is 1. The Labute approximate surface area is 124 Å². The molecule has 1 aromatic heterocycles. The maximum atomic E-state index is 13.0. The van der Waals surface area contributed by atoms with Crippen molar-refractivity contribution in [1.29, 1.82) is 0 Å². The van der Waals surface area contributed by atoms with E-state index >= 15 is 0 Å². The molecular weight excluding hydrogens is 271 g/mol. The number of nitrogens with one attached hydrogen (secondary N) is 1. The molecule has 108 valence electrons. The van der Waals surface area contributed by atoms with Crippen molar-refractivity contribution in [2.24, 2.45) is 0 Å². The number of aromatic nitrogens is 1. The standard InChI is InChI=1S/C16H21FN2S/c1-4-5-14-15(10-18-11(2)3)20-16(19-14)12-6-8-13(17)9-7-12/h6-9,11,18H,4-5,10H2,1-3H3. The lowest BCUT2D eigenvalue weighted by Gasteiger charge is -2.07. The molecule has 4 heteroatoms. The molecule has 20 heavy (non-hydrogen) atoms. The Morgan fingerprint density at radius 2 is 1.95 bits per heavy atom. The van der Waals surface area contributed by atoms with Gasteiger partial charge in [-0.25, -0.2) is 9.37 Å². The Kier molecular flexibility index (Phi) is 5.26. The Balaban J connectivity index is 2.25. The van der Waals surface area contributed by atoms with Crippen LogP contribution in [0.15, 0.2) is 24.3 Å².